The maximum absolute atomic E-state index is 12.2. The average Bonchev–Trinajstić information content (AvgIpc) is 3.12. The molecular formula is C36H54O14. The van der Waals surface area contributed by atoms with E-state index in [4.69, 9.17) is 38.6 Å². The average molecular weight is 711 g/mol. The third-order valence-electron chi connectivity index (χ3n) is 7.11. The summed E-state index contributed by atoms with van der Waals surface area (Å²) in [6, 6.07) is 5.93. The standard InChI is InChI=1S/C36H54O14/c1-28(26-38)27-50-34(42)15-5-4-14-33(41)46-22-9-8-21-45-31(39)12-2-3-13-32(40)47-23-10-11-25-49-36(44)30-18-16-29(17-19-30)35(43)48-24-7-6-20-37/h16-19,28,37-38H,2-15,20-27H2,1H3. The summed E-state index contributed by atoms with van der Waals surface area (Å²) in [6.07, 6.45) is 5.96. The second-order valence-corrected chi connectivity index (χ2v) is 11.7. The molecule has 1 aromatic carbocycles. The molecule has 0 saturated heterocycles. The fraction of sp³-hybridized carbons (Fsp3) is 0.667. The van der Waals surface area contributed by atoms with Crippen LogP contribution in [0.25, 0.3) is 0 Å². The van der Waals surface area contributed by atoms with Gasteiger partial charge in [-0.25, -0.2) is 9.59 Å². The molecule has 0 aliphatic rings. The zero-order valence-electron chi connectivity index (χ0n) is 29.2. The highest BCUT2D eigenvalue weighted by Crippen LogP contribution is 2.10. The van der Waals surface area contributed by atoms with Crippen molar-refractivity contribution in [2.45, 2.75) is 96.8 Å². The van der Waals surface area contributed by atoms with E-state index in [1.54, 1.807) is 6.92 Å². The van der Waals surface area contributed by atoms with E-state index in [-0.39, 0.29) is 108 Å². The molecule has 0 aromatic heterocycles. The van der Waals surface area contributed by atoms with Crippen LogP contribution in [0.2, 0.25) is 0 Å². The van der Waals surface area contributed by atoms with Crippen LogP contribution in [0.4, 0.5) is 0 Å². The van der Waals surface area contributed by atoms with E-state index in [2.05, 4.69) is 0 Å². The van der Waals surface area contributed by atoms with E-state index in [0.29, 0.717) is 75.3 Å². The summed E-state index contributed by atoms with van der Waals surface area (Å²) in [7, 11) is 0. The van der Waals surface area contributed by atoms with Gasteiger partial charge in [-0.15, -0.1) is 0 Å². The number of aliphatic hydroxyl groups is 2. The maximum Gasteiger partial charge on any atom is 0.338 e. The molecule has 0 radical (unpaired) electrons. The molecule has 1 unspecified atom stereocenters. The Bertz CT molecular complexity index is 1130. The molecule has 1 atom stereocenters. The van der Waals surface area contributed by atoms with E-state index in [9.17, 15) is 28.8 Å². The molecule has 14 heteroatoms. The third-order valence-corrected chi connectivity index (χ3v) is 7.11. The predicted octanol–water partition coefficient (Wildman–Crippen LogP) is 4.26. The highest BCUT2D eigenvalue weighted by Gasteiger charge is 2.12. The Morgan fingerprint density at radius 3 is 1.14 bits per heavy atom. The molecule has 0 spiro atoms. The Kier molecular flexibility index (Phi) is 25.3. The zero-order chi connectivity index (χ0) is 36.8. The number of hydrogen-bond donors (Lipinski definition) is 2. The lowest BCUT2D eigenvalue weighted by Crippen LogP contribution is -2.14. The molecule has 0 aliphatic heterocycles. The van der Waals surface area contributed by atoms with Crippen molar-refractivity contribution in [1.82, 2.24) is 0 Å². The number of ether oxygens (including phenoxy) is 6. The molecule has 0 heterocycles. The van der Waals surface area contributed by atoms with Crippen LogP contribution in [0.3, 0.4) is 0 Å². The van der Waals surface area contributed by atoms with Gasteiger partial charge < -0.3 is 38.6 Å². The Balaban J connectivity index is 1.96. The van der Waals surface area contributed by atoms with Crippen molar-refractivity contribution < 1.29 is 67.4 Å². The van der Waals surface area contributed by atoms with Gasteiger partial charge in [-0.1, -0.05) is 6.92 Å². The maximum atomic E-state index is 12.2. The summed E-state index contributed by atoms with van der Waals surface area (Å²) < 4.78 is 30.8. The van der Waals surface area contributed by atoms with Crippen molar-refractivity contribution in [3.05, 3.63) is 35.4 Å². The molecular weight excluding hydrogens is 656 g/mol. The van der Waals surface area contributed by atoms with Crippen LogP contribution in [-0.2, 0) is 47.6 Å². The molecule has 1 aromatic rings. The lowest BCUT2D eigenvalue weighted by molar-refractivity contribution is -0.147. The van der Waals surface area contributed by atoms with Crippen molar-refractivity contribution in [3.63, 3.8) is 0 Å². The molecule has 0 fully saturated rings. The SMILES string of the molecule is CC(CO)COC(=O)CCCCC(=O)OCCCCOC(=O)CCCCC(=O)OCCCCOC(=O)c1ccc(C(=O)OCCCCO)cc1. The largest absolute Gasteiger partial charge is 0.466 e. The zero-order valence-corrected chi connectivity index (χ0v) is 29.2. The quantitative estimate of drug-likeness (QED) is 0.0679. The van der Waals surface area contributed by atoms with Gasteiger partial charge in [-0.3, -0.25) is 19.2 Å². The lowest BCUT2D eigenvalue weighted by Gasteiger charge is -2.09. The molecule has 0 saturated carbocycles. The number of carbonyl (C=O) groups is 6. The minimum absolute atomic E-state index is 0.0384. The first-order valence-electron chi connectivity index (χ1n) is 17.4. The second-order valence-electron chi connectivity index (χ2n) is 11.7. The first-order chi connectivity index (χ1) is 24.2. The van der Waals surface area contributed by atoms with Crippen LogP contribution < -0.4 is 0 Å². The number of benzene rings is 1. The number of hydrogen-bond acceptors (Lipinski definition) is 14. The minimum atomic E-state index is -0.531. The van der Waals surface area contributed by atoms with Crippen LogP contribution in [0, 0.1) is 5.92 Å². The second kappa shape index (κ2) is 28.8. The van der Waals surface area contributed by atoms with Gasteiger partial charge in [0, 0.05) is 44.8 Å². The highest BCUT2D eigenvalue weighted by atomic mass is 16.6. The fourth-order valence-electron chi connectivity index (χ4n) is 4.07. The normalized spacial score (nSPS) is 11.3. The highest BCUT2D eigenvalue weighted by molar-refractivity contribution is 5.93. The van der Waals surface area contributed by atoms with E-state index in [0.717, 1.165) is 0 Å². The van der Waals surface area contributed by atoms with Gasteiger partial charge in [-0.2, -0.15) is 0 Å². The number of carbonyl (C=O) groups excluding carboxylic acids is 6. The van der Waals surface area contributed by atoms with Crippen LogP contribution in [-0.4, -0.2) is 98.9 Å². The first kappa shape index (κ1) is 44.0. The summed E-state index contributed by atoms with van der Waals surface area (Å²) in [4.78, 5) is 71.3. The van der Waals surface area contributed by atoms with Gasteiger partial charge in [0.05, 0.1) is 50.8 Å². The number of aliphatic hydroxyl groups excluding tert-OH is 2. The van der Waals surface area contributed by atoms with E-state index < -0.39 is 11.9 Å². The third kappa shape index (κ3) is 23.3. The Labute approximate surface area is 294 Å². The van der Waals surface area contributed by atoms with Crippen molar-refractivity contribution in [3.8, 4) is 0 Å². The van der Waals surface area contributed by atoms with Gasteiger partial charge in [-0.05, 0) is 88.5 Å². The summed E-state index contributed by atoms with van der Waals surface area (Å²) >= 11 is 0. The van der Waals surface area contributed by atoms with Gasteiger partial charge in [0.15, 0.2) is 0 Å². The molecule has 50 heavy (non-hydrogen) atoms. The van der Waals surface area contributed by atoms with Crippen molar-refractivity contribution in [2.24, 2.45) is 5.92 Å². The van der Waals surface area contributed by atoms with E-state index in [1.807, 2.05) is 0 Å². The number of rotatable bonds is 29. The molecule has 0 bridgehead atoms. The summed E-state index contributed by atoms with van der Waals surface area (Å²) in [6.45, 7) is 2.90. The fourth-order valence-corrected chi connectivity index (χ4v) is 4.07. The number of unbranched alkanes of at least 4 members (excludes halogenated alkanes) is 5. The molecule has 0 aliphatic carbocycles. The smallest absolute Gasteiger partial charge is 0.338 e. The predicted molar refractivity (Wildman–Crippen MR) is 179 cm³/mol. The lowest BCUT2D eigenvalue weighted by atomic mass is 10.1. The Hall–Kier alpha value is -4.04. The molecule has 1 rings (SSSR count). The molecule has 14 nitrogen and oxygen atoms in total. The monoisotopic (exact) mass is 710 g/mol. The van der Waals surface area contributed by atoms with Gasteiger partial charge in [0.2, 0.25) is 0 Å². The van der Waals surface area contributed by atoms with Crippen LogP contribution in [0.15, 0.2) is 24.3 Å². The van der Waals surface area contributed by atoms with Gasteiger partial charge >= 0.3 is 35.8 Å². The van der Waals surface area contributed by atoms with Crippen LogP contribution >= 0.6 is 0 Å². The summed E-state index contributed by atoms with van der Waals surface area (Å²) in [5.41, 5.74) is 0.606. The summed E-state index contributed by atoms with van der Waals surface area (Å²) in [5.74, 6) is -2.57. The van der Waals surface area contributed by atoms with E-state index >= 15 is 0 Å². The first-order valence-corrected chi connectivity index (χ1v) is 17.4. The van der Waals surface area contributed by atoms with Crippen molar-refractivity contribution in [1.29, 1.82) is 0 Å². The van der Waals surface area contributed by atoms with Crippen LogP contribution in [0.5, 0.6) is 0 Å². The Morgan fingerprint density at radius 1 is 0.480 bits per heavy atom. The topological polar surface area (TPSA) is 198 Å². The molecule has 2 N–H and O–H groups in total. The minimum Gasteiger partial charge on any atom is -0.466 e. The van der Waals surface area contributed by atoms with E-state index in [1.165, 1.54) is 24.3 Å². The summed E-state index contributed by atoms with van der Waals surface area (Å²) in [5, 5.41) is 17.7. The number of esters is 6. The molecule has 0 amide bonds. The van der Waals surface area contributed by atoms with Crippen LogP contribution in [0.1, 0.15) is 118 Å². The van der Waals surface area contributed by atoms with Gasteiger partial charge in [0.25, 0.3) is 0 Å². The van der Waals surface area contributed by atoms with Crippen molar-refractivity contribution >= 4 is 35.8 Å². The van der Waals surface area contributed by atoms with Crippen molar-refractivity contribution in [2.75, 3.05) is 52.9 Å². The van der Waals surface area contributed by atoms with Gasteiger partial charge in [0.1, 0.15) is 0 Å². The Morgan fingerprint density at radius 2 is 0.800 bits per heavy atom. The molecule has 282 valence electrons.